The van der Waals surface area contributed by atoms with Crippen molar-refractivity contribution in [3.63, 3.8) is 0 Å². The quantitative estimate of drug-likeness (QED) is 0.205. The molecule has 0 aliphatic heterocycles. The Morgan fingerprint density at radius 3 is 1.65 bits per heavy atom. The third kappa shape index (κ3) is 4.79. The van der Waals surface area contributed by atoms with Crippen LogP contribution in [0, 0.1) is 0 Å². The molecule has 1 nitrogen and oxygen atoms in total. The highest BCUT2D eigenvalue weighted by atomic mass is 79.9. The molecule has 0 unspecified atom stereocenters. The van der Waals surface area contributed by atoms with E-state index in [2.05, 4.69) is 79.6 Å². The van der Waals surface area contributed by atoms with E-state index in [0.717, 1.165) is 28.1 Å². The number of hydrogen-bond acceptors (Lipinski definition) is 1. The van der Waals surface area contributed by atoms with Gasteiger partial charge in [-0.25, -0.2) is 20.1 Å². The van der Waals surface area contributed by atoms with E-state index in [1.54, 1.807) is 0 Å². The van der Waals surface area contributed by atoms with Crippen LogP contribution in [0.25, 0.3) is 0 Å². The van der Waals surface area contributed by atoms with E-state index in [0.29, 0.717) is 11.9 Å². The van der Waals surface area contributed by atoms with Crippen LogP contribution in [0.5, 0.6) is 5.75 Å². The van der Waals surface area contributed by atoms with Gasteiger partial charge in [-0.1, -0.05) is 0 Å². The Bertz CT molecular complexity index is 400. The van der Waals surface area contributed by atoms with Gasteiger partial charge in [0.15, 0.2) is 0 Å². The number of hydrogen-bond donors (Lipinski definition) is 0. The normalized spacial score (nSPS) is 10.5. The Labute approximate surface area is 154 Å². The molecule has 0 N–H and O–H groups in total. The molecule has 0 aromatic heterocycles. The highest BCUT2D eigenvalue weighted by Gasteiger charge is 2.19. The fraction of sp³-hybridized carbons (Fsp3) is 0.250. The smallest absolute Gasteiger partial charge is 0.492 e. The Morgan fingerprint density at radius 2 is 1.24 bits per heavy atom. The zero-order valence-corrected chi connectivity index (χ0v) is 18.6. The maximum Gasteiger partial charge on any atom is 0.522 e. The Morgan fingerprint density at radius 1 is 0.824 bits per heavy atom. The van der Waals surface area contributed by atoms with Gasteiger partial charge in [-0.3, -0.25) is 0 Å². The molecule has 1 aromatic carbocycles. The predicted octanol–water partition coefficient (Wildman–Crippen LogP) is 6.84. The van der Waals surface area contributed by atoms with Gasteiger partial charge >= 0.3 is 12.3 Å². The fourth-order valence-corrected chi connectivity index (χ4v) is 5.03. The van der Waals surface area contributed by atoms with Crippen LogP contribution in [-0.2, 0) is 0 Å². The van der Waals surface area contributed by atoms with Crippen molar-refractivity contribution in [2.45, 2.75) is 5.28 Å². The molecule has 1 aromatic rings. The second-order valence-electron chi connectivity index (χ2n) is 2.93. The van der Waals surface area contributed by atoms with Crippen molar-refractivity contribution in [3.8, 4) is 5.75 Å². The molecule has 0 saturated carbocycles. The van der Waals surface area contributed by atoms with Crippen molar-refractivity contribution >= 4 is 112 Å². The van der Waals surface area contributed by atoms with Crippen molar-refractivity contribution in [1.82, 2.24) is 0 Å². The lowest BCUT2D eigenvalue weighted by Crippen LogP contribution is -2.04. The average molecular weight is 614 g/mol. The number of benzene rings is 1. The first-order chi connectivity index (χ1) is 7.86. The van der Waals surface area contributed by atoms with Gasteiger partial charge in [-0.05, 0) is 84.9 Å². The minimum Gasteiger partial charge on any atom is -0.492 e. The summed E-state index contributed by atoms with van der Waals surface area (Å²) in [6.07, 6.45) is 0. The van der Waals surface area contributed by atoms with Gasteiger partial charge in [0.05, 0.1) is 24.5 Å². The second-order valence-corrected chi connectivity index (χ2v) is 12.1. The zero-order chi connectivity index (χ0) is 13.2. The molecule has 0 amide bonds. The molecule has 0 heterocycles. The molecule has 0 atom stereocenters. The summed E-state index contributed by atoms with van der Waals surface area (Å²) in [7, 11) is 11.6. The number of halogens is 7. The SMILES string of the molecule is [Cl][Al]([Cl])[CH2]COc1c(Br)c(Br)c(Br)c(Br)c1Br. The summed E-state index contributed by atoms with van der Waals surface area (Å²) in [6, 6.07) is 0. The van der Waals surface area contributed by atoms with E-state index in [1.807, 2.05) is 0 Å². The number of ether oxygens (including phenoxy) is 1. The van der Waals surface area contributed by atoms with Crippen molar-refractivity contribution in [2.75, 3.05) is 6.61 Å². The molecule has 0 aliphatic carbocycles. The van der Waals surface area contributed by atoms with Crippen molar-refractivity contribution in [2.24, 2.45) is 0 Å². The summed E-state index contributed by atoms with van der Waals surface area (Å²) in [5.41, 5.74) is 0. The minimum absolute atomic E-state index is 0.502. The maximum atomic E-state index is 5.79. The topological polar surface area (TPSA) is 9.23 Å². The summed E-state index contributed by atoms with van der Waals surface area (Å²) in [5.74, 6) is 0.718. The fourth-order valence-electron chi connectivity index (χ4n) is 0.962. The minimum atomic E-state index is -1.62. The summed E-state index contributed by atoms with van der Waals surface area (Å²) < 4.78 is 10.0. The molecule has 1 rings (SSSR count). The molecular formula is C8H4AlBr5Cl2O. The molecule has 17 heavy (non-hydrogen) atoms. The molecular weight excluding hydrogens is 609 g/mol. The van der Waals surface area contributed by atoms with Gasteiger partial charge in [-0.15, -0.1) is 0 Å². The first kappa shape index (κ1) is 17.6. The lowest BCUT2D eigenvalue weighted by molar-refractivity contribution is 0.335. The van der Waals surface area contributed by atoms with Crippen LogP contribution < -0.4 is 4.74 Å². The molecule has 0 radical (unpaired) electrons. The third-order valence-corrected chi connectivity index (χ3v) is 9.75. The molecule has 9 heteroatoms. The van der Waals surface area contributed by atoms with Gasteiger partial charge in [0.25, 0.3) is 0 Å². The van der Waals surface area contributed by atoms with Gasteiger partial charge < -0.3 is 4.74 Å². The molecule has 0 saturated heterocycles. The first-order valence-corrected chi connectivity index (χ1v) is 12.6. The molecule has 0 spiro atoms. The van der Waals surface area contributed by atoms with Crippen LogP contribution >= 0.6 is 99.7 Å². The maximum absolute atomic E-state index is 5.79. The Balaban J connectivity index is 2.99. The summed E-state index contributed by atoms with van der Waals surface area (Å²) in [6.45, 7) is 0.502. The molecule has 0 aliphatic rings. The molecule has 0 fully saturated rings. The van der Waals surface area contributed by atoms with Crippen LogP contribution in [0.1, 0.15) is 0 Å². The van der Waals surface area contributed by atoms with E-state index in [1.165, 1.54) is 0 Å². The van der Waals surface area contributed by atoms with Crippen LogP contribution in [0.3, 0.4) is 0 Å². The third-order valence-electron chi connectivity index (χ3n) is 1.75. The van der Waals surface area contributed by atoms with E-state index in [9.17, 15) is 0 Å². The lowest BCUT2D eigenvalue weighted by Gasteiger charge is -2.14. The van der Waals surface area contributed by atoms with E-state index in [4.69, 9.17) is 24.8 Å². The Kier molecular flexibility index (Phi) is 8.37. The zero-order valence-electron chi connectivity index (χ0n) is 8.05. The molecule has 94 valence electrons. The van der Waals surface area contributed by atoms with E-state index >= 15 is 0 Å². The van der Waals surface area contributed by atoms with E-state index < -0.39 is 12.3 Å². The van der Waals surface area contributed by atoms with Crippen LogP contribution in [0.4, 0.5) is 0 Å². The average Bonchev–Trinajstić information content (AvgIpc) is 2.28. The van der Waals surface area contributed by atoms with Gasteiger partial charge in [0.2, 0.25) is 0 Å². The largest absolute Gasteiger partial charge is 0.522 e. The van der Waals surface area contributed by atoms with Gasteiger partial charge in [0.1, 0.15) is 5.75 Å². The molecule has 0 bridgehead atoms. The Hall–Kier alpha value is 2.53. The summed E-state index contributed by atoms with van der Waals surface area (Å²) in [4.78, 5) is 0. The van der Waals surface area contributed by atoms with Crippen LogP contribution in [-0.4, -0.2) is 18.9 Å². The first-order valence-electron chi connectivity index (χ1n) is 4.28. The lowest BCUT2D eigenvalue weighted by atomic mass is 10.3. The van der Waals surface area contributed by atoms with Crippen molar-refractivity contribution in [1.29, 1.82) is 0 Å². The second kappa shape index (κ2) is 8.09. The van der Waals surface area contributed by atoms with Crippen LogP contribution in [0.2, 0.25) is 5.28 Å². The van der Waals surface area contributed by atoms with Gasteiger partial charge in [0, 0.05) is 4.47 Å². The highest BCUT2D eigenvalue weighted by Crippen LogP contribution is 2.48. The van der Waals surface area contributed by atoms with Crippen LogP contribution in [0.15, 0.2) is 22.4 Å². The van der Waals surface area contributed by atoms with Crippen molar-refractivity contribution < 1.29 is 4.74 Å². The van der Waals surface area contributed by atoms with E-state index in [-0.39, 0.29) is 0 Å². The summed E-state index contributed by atoms with van der Waals surface area (Å²) >= 11 is 15.7. The van der Waals surface area contributed by atoms with Gasteiger partial charge in [-0.2, -0.15) is 0 Å². The standard InChI is InChI=1S/C8H4Br5O.Al.2ClH/c1-2-14-8-6(12)4(10)3(9)5(11)7(8)13;;;/h1-2H2;;2*1H/q;+2;;/p-2. The highest BCUT2D eigenvalue weighted by molar-refractivity contribution is 9.15. The monoisotopic (exact) mass is 608 g/mol. The summed E-state index contributed by atoms with van der Waals surface area (Å²) in [5, 5.41) is 0.702. The van der Waals surface area contributed by atoms with Crippen molar-refractivity contribution in [3.05, 3.63) is 22.4 Å². The predicted molar refractivity (Wildman–Crippen MR) is 92.7 cm³/mol. The number of rotatable bonds is 4.